The van der Waals surface area contributed by atoms with Crippen molar-refractivity contribution in [3.8, 4) is 0 Å². The Bertz CT molecular complexity index is 960. The van der Waals surface area contributed by atoms with Crippen LogP contribution in [-0.2, 0) is 6.54 Å². The van der Waals surface area contributed by atoms with E-state index >= 15 is 0 Å². The molecule has 164 valence electrons. The first-order valence-electron chi connectivity index (χ1n) is 11.2. The molecule has 1 aliphatic rings. The number of nitrogens with zero attached hydrogens (tertiary/aromatic N) is 6. The lowest BCUT2D eigenvalue weighted by molar-refractivity contribution is 0.255. The number of benzene rings is 1. The third-order valence-corrected chi connectivity index (χ3v) is 5.54. The molecule has 3 heterocycles. The van der Waals surface area contributed by atoms with Crippen molar-refractivity contribution in [3.05, 3.63) is 60.6 Å². The number of pyridine rings is 1. The molecule has 31 heavy (non-hydrogen) atoms. The highest BCUT2D eigenvalue weighted by Crippen LogP contribution is 2.15. The largest absolute Gasteiger partial charge is 0.369 e. The molecule has 0 aliphatic carbocycles. The second-order valence-corrected chi connectivity index (χ2v) is 7.68. The van der Waals surface area contributed by atoms with Gasteiger partial charge >= 0.3 is 0 Å². The first kappa shape index (κ1) is 21.1. The Hall–Kier alpha value is -3.13. The number of hydrogen-bond donors (Lipinski definition) is 2. The second-order valence-electron chi connectivity index (χ2n) is 7.68. The molecule has 0 saturated carbocycles. The summed E-state index contributed by atoms with van der Waals surface area (Å²) in [5, 5.41) is 15.2. The van der Waals surface area contributed by atoms with Gasteiger partial charge in [-0.1, -0.05) is 24.3 Å². The van der Waals surface area contributed by atoms with Crippen molar-refractivity contribution in [3.63, 3.8) is 0 Å². The summed E-state index contributed by atoms with van der Waals surface area (Å²) in [6.45, 7) is 9.80. The van der Waals surface area contributed by atoms with Gasteiger partial charge in [-0.3, -0.25) is 9.30 Å². The smallest absolute Gasteiger partial charge is 0.191 e. The predicted molar refractivity (Wildman–Crippen MR) is 126 cm³/mol. The molecule has 2 N–H and O–H groups in total. The van der Waals surface area contributed by atoms with Gasteiger partial charge in [0.1, 0.15) is 6.54 Å². The van der Waals surface area contributed by atoms with E-state index in [-0.39, 0.29) is 0 Å². The molecule has 1 fully saturated rings. The fourth-order valence-corrected chi connectivity index (χ4v) is 3.87. The molecule has 0 atom stereocenters. The lowest BCUT2D eigenvalue weighted by Gasteiger charge is -2.36. The van der Waals surface area contributed by atoms with Gasteiger partial charge in [0, 0.05) is 51.2 Å². The summed E-state index contributed by atoms with van der Waals surface area (Å²) < 4.78 is 1.97. The number of piperazine rings is 1. The molecule has 8 heteroatoms. The highest BCUT2D eigenvalue weighted by molar-refractivity contribution is 5.79. The fraction of sp³-hybridized carbons (Fsp3) is 0.435. The van der Waals surface area contributed by atoms with Crippen LogP contribution >= 0.6 is 0 Å². The van der Waals surface area contributed by atoms with Crippen LogP contribution in [0.4, 0.5) is 5.69 Å². The SMILES string of the molecule is CCNC(=NCc1nnc2ccccn12)NCCCN1CCN(c2ccccc2)CC1. The van der Waals surface area contributed by atoms with Crippen molar-refractivity contribution in [2.75, 3.05) is 50.7 Å². The molecule has 1 aliphatic heterocycles. The van der Waals surface area contributed by atoms with Crippen molar-refractivity contribution in [1.29, 1.82) is 0 Å². The van der Waals surface area contributed by atoms with Crippen LogP contribution in [0.25, 0.3) is 5.65 Å². The van der Waals surface area contributed by atoms with Gasteiger partial charge in [-0.25, -0.2) is 4.99 Å². The van der Waals surface area contributed by atoms with Crippen LogP contribution in [0.3, 0.4) is 0 Å². The topological polar surface area (TPSA) is 73.1 Å². The number of hydrogen-bond acceptors (Lipinski definition) is 5. The Morgan fingerprint density at radius 2 is 1.77 bits per heavy atom. The Kier molecular flexibility index (Phi) is 7.33. The normalized spacial score (nSPS) is 15.4. The third kappa shape index (κ3) is 5.73. The molecule has 8 nitrogen and oxygen atoms in total. The number of fused-ring (bicyclic) bond motifs is 1. The third-order valence-electron chi connectivity index (χ3n) is 5.54. The molecule has 2 aromatic heterocycles. The molecule has 1 saturated heterocycles. The van der Waals surface area contributed by atoms with Gasteiger partial charge in [0.15, 0.2) is 17.4 Å². The Balaban J connectivity index is 1.20. The molecule has 4 rings (SSSR count). The standard InChI is InChI=1S/C23H32N8/c1-2-24-23(26-19-22-28-27-21-11-6-7-14-31(21)22)25-12-8-13-29-15-17-30(18-16-29)20-9-4-3-5-10-20/h3-7,9-11,14H,2,8,12-13,15-19H2,1H3,(H2,24,25,26). The van der Waals surface area contributed by atoms with Crippen LogP contribution in [0, 0.1) is 0 Å². The van der Waals surface area contributed by atoms with Gasteiger partial charge in [0.2, 0.25) is 0 Å². The average Bonchev–Trinajstić information content (AvgIpc) is 3.24. The van der Waals surface area contributed by atoms with E-state index in [0.29, 0.717) is 6.54 Å². The van der Waals surface area contributed by atoms with E-state index < -0.39 is 0 Å². The van der Waals surface area contributed by atoms with E-state index in [1.165, 1.54) is 5.69 Å². The van der Waals surface area contributed by atoms with Gasteiger partial charge in [-0.05, 0) is 44.2 Å². The zero-order chi connectivity index (χ0) is 21.3. The van der Waals surface area contributed by atoms with Gasteiger partial charge in [-0.2, -0.15) is 0 Å². The highest BCUT2D eigenvalue weighted by atomic mass is 15.3. The predicted octanol–water partition coefficient (Wildman–Crippen LogP) is 2.00. The maximum absolute atomic E-state index is 4.68. The number of aliphatic imine (C=N–C) groups is 1. The van der Waals surface area contributed by atoms with Crippen LogP contribution in [-0.4, -0.2) is 71.3 Å². The maximum Gasteiger partial charge on any atom is 0.191 e. The van der Waals surface area contributed by atoms with Gasteiger partial charge in [-0.15, -0.1) is 10.2 Å². The molecule has 0 radical (unpaired) electrons. The quantitative estimate of drug-likeness (QED) is 0.330. The summed E-state index contributed by atoms with van der Waals surface area (Å²) in [6.07, 6.45) is 3.06. The number of guanidine groups is 1. The van der Waals surface area contributed by atoms with E-state index in [1.54, 1.807) is 0 Å². The first-order chi connectivity index (χ1) is 15.3. The summed E-state index contributed by atoms with van der Waals surface area (Å²) in [7, 11) is 0. The minimum Gasteiger partial charge on any atom is -0.369 e. The Morgan fingerprint density at radius 3 is 2.58 bits per heavy atom. The zero-order valence-electron chi connectivity index (χ0n) is 18.2. The zero-order valence-corrected chi connectivity index (χ0v) is 18.2. The van der Waals surface area contributed by atoms with Crippen LogP contribution in [0.5, 0.6) is 0 Å². The second kappa shape index (κ2) is 10.8. The van der Waals surface area contributed by atoms with Crippen LogP contribution in [0.1, 0.15) is 19.2 Å². The lowest BCUT2D eigenvalue weighted by Crippen LogP contribution is -2.47. The molecule has 0 spiro atoms. The maximum atomic E-state index is 4.68. The number of anilines is 1. The van der Waals surface area contributed by atoms with Crippen molar-refractivity contribution in [1.82, 2.24) is 30.1 Å². The van der Waals surface area contributed by atoms with E-state index in [0.717, 1.165) is 69.7 Å². The summed E-state index contributed by atoms with van der Waals surface area (Å²) >= 11 is 0. The fourth-order valence-electron chi connectivity index (χ4n) is 3.87. The molecule has 0 unspecified atom stereocenters. The number of nitrogens with one attached hydrogen (secondary N) is 2. The summed E-state index contributed by atoms with van der Waals surface area (Å²) in [5.74, 6) is 1.66. The minimum absolute atomic E-state index is 0.488. The summed E-state index contributed by atoms with van der Waals surface area (Å²) in [6, 6.07) is 16.6. The summed E-state index contributed by atoms with van der Waals surface area (Å²) in [4.78, 5) is 9.70. The van der Waals surface area contributed by atoms with Crippen molar-refractivity contribution >= 4 is 17.3 Å². The van der Waals surface area contributed by atoms with Crippen molar-refractivity contribution < 1.29 is 0 Å². The summed E-state index contributed by atoms with van der Waals surface area (Å²) in [5.41, 5.74) is 2.17. The average molecular weight is 421 g/mol. The molecule has 0 bridgehead atoms. The van der Waals surface area contributed by atoms with Crippen molar-refractivity contribution in [2.24, 2.45) is 4.99 Å². The number of aromatic nitrogens is 3. The number of rotatable bonds is 8. The molecule has 3 aromatic rings. The lowest BCUT2D eigenvalue weighted by atomic mass is 10.2. The highest BCUT2D eigenvalue weighted by Gasteiger charge is 2.16. The first-order valence-corrected chi connectivity index (χ1v) is 11.2. The monoisotopic (exact) mass is 420 g/mol. The van der Waals surface area contributed by atoms with Gasteiger partial charge in [0.25, 0.3) is 0 Å². The van der Waals surface area contributed by atoms with Gasteiger partial charge < -0.3 is 15.5 Å². The Labute approximate surface area is 184 Å². The van der Waals surface area contributed by atoms with E-state index in [9.17, 15) is 0 Å². The van der Waals surface area contributed by atoms with Crippen molar-refractivity contribution in [2.45, 2.75) is 19.9 Å². The van der Waals surface area contributed by atoms with E-state index in [4.69, 9.17) is 0 Å². The van der Waals surface area contributed by atoms with Crippen LogP contribution in [0.15, 0.2) is 59.7 Å². The van der Waals surface area contributed by atoms with Gasteiger partial charge in [0.05, 0.1) is 0 Å². The molecular formula is C23H32N8. The van der Waals surface area contributed by atoms with E-state index in [1.807, 2.05) is 28.8 Å². The molecule has 0 amide bonds. The Morgan fingerprint density at radius 1 is 0.968 bits per heavy atom. The van der Waals surface area contributed by atoms with Crippen LogP contribution in [0.2, 0.25) is 0 Å². The van der Waals surface area contributed by atoms with E-state index in [2.05, 4.69) is 72.9 Å². The molecule has 1 aromatic carbocycles. The minimum atomic E-state index is 0.488. The molecular weight excluding hydrogens is 388 g/mol. The van der Waals surface area contributed by atoms with Crippen LogP contribution < -0.4 is 15.5 Å². The number of para-hydroxylation sites is 1.